The fourth-order valence-corrected chi connectivity index (χ4v) is 2.06. The van der Waals surface area contributed by atoms with Crippen LogP contribution in [-0.4, -0.2) is 19.1 Å². The summed E-state index contributed by atoms with van der Waals surface area (Å²) in [5.74, 6) is 1.24. The van der Waals surface area contributed by atoms with Gasteiger partial charge in [-0.2, -0.15) is 4.98 Å². The Labute approximate surface area is 117 Å². The average Bonchev–Trinajstić information content (AvgIpc) is 2.39. The molecule has 19 heavy (non-hydrogen) atoms. The summed E-state index contributed by atoms with van der Waals surface area (Å²) >= 11 is 5.97. The van der Waals surface area contributed by atoms with Crippen molar-refractivity contribution in [2.45, 2.75) is 6.54 Å². The SMILES string of the molecule is COc1ccc(N)c(N(C)Cc2cccc(Cl)c2)n1. The van der Waals surface area contributed by atoms with Crippen molar-refractivity contribution in [2.75, 3.05) is 24.8 Å². The highest BCUT2D eigenvalue weighted by atomic mass is 35.5. The van der Waals surface area contributed by atoms with Gasteiger partial charge in [0.1, 0.15) is 0 Å². The third kappa shape index (κ3) is 3.29. The summed E-state index contributed by atoms with van der Waals surface area (Å²) < 4.78 is 5.11. The maximum Gasteiger partial charge on any atom is 0.215 e. The first kappa shape index (κ1) is 13.5. The first-order valence-corrected chi connectivity index (χ1v) is 6.24. The highest BCUT2D eigenvalue weighted by molar-refractivity contribution is 6.30. The molecule has 2 aromatic rings. The van der Waals surface area contributed by atoms with Crippen LogP contribution in [0.25, 0.3) is 0 Å². The smallest absolute Gasteiger partial charge is 0.215 e. The largest absolute Gasteiger partial charge is 0.481 e. The highest BCUT2D eigenvalue weighted by Crippen LogP contribution is 2.24. The van der Waals surface area contributed by atoms with Gasteiger partial charge < -0.3 is 15.4 Å². The van der Waals surface area contributed by atoms with E-state index in [1.807, 2.05) is 36.2 Å². The minimum absolute atomic E-state index is 0.544. The van der Waals surface area contributed by atoms with Crippen molar-refractivity contribution < 1.29 is 4.74 Å². The molecule has 4 nitrogen and oxygen atoms in total. The van der Waals surface area contributed by atoms with Gasteiger partial charge in [0.25, 0.3) is 0 Å². The number of rotatable bonds is 4. The number of methoxy groups -OCH3 is 1. The number of pyridine rings is 1. The van der Waals surface area contributed by atoms with Crippen molar-refractivity contribution in [3.05, 3.63) is 47.0 Å². The predicted molar refractivity (Wildman–Crippen MR) is 78.8 cm³/mol. The Morgan fingerprint density at radius 3 is 2.79 bits per heavy atom. The predicted octanol–water partition coefficient (Wildman–Crippen LogP) is 2.96. The lowest BCUT2D eigenvalue weighted by Crippen LogP contribution is -2.19. The number of hydrogen-bond donors (Lipinski definition) is 1. The highest BCUT2D eigenvalue weighted by Gasteiger charge is 2.09. The van der Waals surface area contributed by atoms with Gasteiger partial charge in [-0.15, -0.1) is 0 Å². The van der Waals surface area contributed by atoms with E-state index in [0.29, 0.717) is 23.9 Å². The molecule has 0 atom stereocenters. The Balaban J connectivity index is 2.22. The third-order valence-corrected chi connectivity index (χ3v) is 2.99. The molecular weight excluding hydrogens is 262 g/mol. The molecule has 0 bridgehead atoms. The zero-order valence-corrected chi connectivity index (χ0v) is 11.7. The van der Waals surface area contributed by atoms with Crippen molar-refractivity contribution in [1.29, 1.82) is 0 Å². The van der Waals surface area contributed by atoms with Gasteiger partial charge >= 0.3 is 0 Å². The number of hydrogen-bond acceptors (Lipinski definition) is 4. The van der Waals surface area contributed by atoms with Gasteiger partial charge in [0.2, 0.25) is 5.88 Å². The van der Waals surface area contributed by atoms with Gasteiger partial charge in [-0.3, -0.25) is 0 Å². The number of nitrogens with two attached hydrogens (primary N) is 1. The second-order valence-corrected chi connectivity index (χ2v) is 4.69. The molecule has 0 saturated heterocycles. The number of aromatic nitrogens is 1. The van der Waals surface area contributed by atoms with Gasteiger partial charge in [-0.05, 0) is 23.8 Å². The summed E-state index contributed by atoms with van der Waals surface area (Å²) in [4.78, 5) is 6.32. The number of benzene rings is 1. The molecule has 0 saturated carbocycles. The van der Waals surface area contributed by atoms with Gasteiger partial charge in [0.05, 0.1) is 12.8 Å². The number of halogens is 1. The molecule has 5 heteroatoms. The molecule has 2 N–H and O–H groups in total. The van der Waals surface area contributed by atoms with Gasteiger partial charge in [0.15, 0.2) is 5.82 Å². The fourth-order valence-electron chi connectivity index (χ4n) is 1.85. The Bertz CT molecular complexity index is 574. The monoisotopic (exact) mass is 277 g/mol. The van der Waals surface area contributed by atoms with Crippen molar-refractivity contribution in [3.8, 4) is 5.88 Å². The van der Waals surface area contributed by atoms with Crippen LogP contribution in [0.3, 0.4) is 0 Å². The zero-order valence-electron chi connectivity index (χ0n) is 10.9. The Morgan fingerprint density at radius 1 is 1.32 bits per heavy atom. The molecule has 0 unspecified atom stereocenters. The molecule has 1 aromatic heterocycles. The minimum atomic E-state index is 0.544. The van der Waals surface area contributed by atoms with Crippen LogP contribution in [0.2, 0.25) is 5.02 Å². The van der Waals surface area contributed by atoms with E-state index < -0.39 is 0 Å². The standard InChI is InChI=1S/C14H16ClN3O/c1-18(9-10-4-3-5-11(15)8-10)14-12(16)6-7-13(17-14)19-2/h3-8H,9,16H2,1-2H3. The van der Waals surface area contributed by atoms with Crippen molar-refractivity contribution in [3.63, 3.8) is 0 Å². The van der Waals surface area contributed by atoms with Crippen LogP contribution in [-0.2, 0) is 6.54 Å². The van der Waals surface area contributed by atoms with Crippen molar-refractivity contribution in [2.24, 2.45) is 0 Å². The van der Waals surface area contributed by atoms with E-state index in [1.54, 1.807) is 19.2 Å². The molecule has 1 aromatic carbocycles. The summed E-state index contributed by atoms with van der Waals surface area (Å²) in [5.41, 5.74) is 7.66. The lowest BCUT2D eigenvalue weighted by molar-refractivity contribution is 0.398. The van der Waals surface area contributed by atoms with Crippen molar-refractivity contribution >= 4 is 23.1 Å². The normalized spacial score (nSPS) is 10.3. The van der Waals surface area contributed by atoms with Crippen LogP contribution < -0.4 is 15.4 Å². The Kier molecular flexibility index (Phi) is 4.12. The molecule has 100 valence electrons. The molecule has 0 aliphatic carbocycles. The fraction of sp³-hybridized carbons (Fsp3) is 0.214. The molecule has 1 heterocycles. The molecule has 2 rings (SSSR count). The number of nitrogen functional groups attached to an aromatic ring is 1. The molecule has 0 amide bonds. The summed E-state index contributed by atoms with van der Waals surface area (Å²) in [6.45, 7) is 0.672. The van der Waals surface area contributed by atoms with E-state index in [1.165, 1.54) is 0 Å². The van der Waals surface area contributed by atoms with Crippen LogP contribution in [0.15, 0.2) is 36.4 Å². The van der Waals surface area contributed by atoms with E-state index in [2.05, 4.69) is 4.98 Å². The second-order valence-electron chi connectivity index (χ2n) is 4.25. The molecule has 0 radical (unpaired) electrons. The minimum Gasteiger partial charge on any atom is -0.481 e. The number of ether oxygens (including phenoxy) is 1. The first-order chi connectivity index (χ1) is 9.10. The van der Waals surface area contributed by atoms with Gasteiger partial charge in [0, 0.05) is 24.7 Å². The lowest BCUT2D eigenvalue weighted by atomic mass is 10.2. The molecular formula is C14H16ClN3O. The average molecular weight is 278 g/mol. The van der Waals surface area contributed by atoms with Crippen LogP contribution in [0.4, 0.5) is 11.5 Å². The maximum atomic E-state index is 5.97. The topological polar surface area (TPSA) is 51.4 Å². The summed E-state index contributed by atoms with van der Waals surface area (Å²) in [7, 11) is 3.51. The van der Waals surface area contributed by atoms with Crippen LogP contribution in [0.1, 0.15) is 5.56 Å². The maximum absolute atomic E-state index is 5.97. The Hall–Kier alpha value is -1.94. The zero-order chi connectivity index (χ0) is 13.8. The summed E-state index contributed by atoms with van der Waals surface area (Å²) in [6, 6.07) is 11.2. The lowest BCUT2D eigenvalue weighted by Gasteiger charge is -2.20. The molecule has 0 aliphatic rings. The summed E-state index contributed by atoms with van der Waals surface area (Å²) in [5, 5.41) is 0.720. The molecule has 0 spiro atoms. The summed E-state index contributed by atoms with van der Waals surface area (Å²) in [6.07, 6.45) is 0. The van der Waals surface area contributed by atoms with E-state index in [-0.39, 0.29) is 0 Å². The van der Waals surface area contributed by atoms with Crippen LogP contribution in [0, 0.1) is 0 Å². The number of nitrogens with zero attached hydrogens (tertiary/aromatic N) is 2. The second kappa shape index (κ2) is 5.80. The van der Waals surface area contributed by atoms with E-state index >= 15 is 0 Å². The number of anilines is 2. The van der Waals surface area contributed by atoms with Crippen molar-refractivity contribution in [1.82, 2.24) is 4.98 Å². The Morgan fingerprint density at radius 2 is 2.11 bits per heavy atom. The van der Waals surface area contributed by atoms with Gasteiger partial charge in [-0.1, -0.05) is 23.7 Å². The van der Waals surface area contributed by atoms with E-state index in [4.69, 9.17) is 22.1 Å². The molecule has 0 aliphatic heterocycles. The van der Waals surface area contributed by atoms with Gasteiger partial charge in [-0.25, -0.2) is 0 Å². The van der Waals surface area contributed by atoms with E-state index in [0.717, 1.165) is 10.6 Å². The molecule has 0 fully saturated rings. The van der Waals surface area contributed by atoms with Crippen LogP contribution in [0.5, 0.6) is 5.88 Å². The van der Waals surface area contributed by atoms with E-state index in [9.17, 15) is 0 Å². The first-order valence-electron chi connectivity index (χ1n) is 5.86. The third-order valence-electron chi connectivity index (χ3n) is 2.76. The van der Waals surface area contributed by atoms with Crippen LogP contribution >= 0.6 is 11.6 Å². The quantitative estimate of drug-likeness (QED) is 0.933.